The Balaban J connectivity index is 0. The van der Waals surface area contributed by atoms with Gasteiger partial charge in [0.15, 0.2) is 0 Å². The Labute approximate surface area is 82.1 Å². The van der Waals surface area contributed by atoms with Crippen LogP contribution in [0.3, 0.4) is 0 Å². The first-order chi connectivity index (χ1) is 4.46. The van der Waals surface area contributed by atoms with E-state index in [4.69, 9.17) is 0 Å². The van der Waals surface area contributed by atoms with Crippen LogP contribution >= 0.6 is 8.37 Å². The Morgan fingerprint density at radius 1 is 0.636 bits per heavy atom. The fourth-order valence-corrected chi connectivity index (χ4v) is 3.22. The van der Waals surface area contributed by atoms with Crippen LogP contribution < -0.4 is 0 Å². The first kappa shape index (κ1) is 14.4. The Kier molecular flexibility index (Phi) is 8.30. The van der Waals surface area contributed by atoms with Gasteiger partial charge in [0.2, 0.25) is 0 Å². The van der Waals surface area contributed by atoms with Gasteiger partial charge in [-0.1, -0.05) is 0 Å². The van der Waals surface area contributed by atoms with Crippen molar-refractivity contribution in [1.82, 2.24) is 14.0 Å². The van der Waals surface area contributed by atoms with E-state index in [0.29, 0.717) is 0 Å². The van der Waals surface area contributed by atoms with E-state index in [1.807, 2.05) is 0 Å². The topological polar surface area (TPSA) is 9.72 Å². The van der Waals surface area contributed by atoms with Crippen molar-refractivity contribution < 1.29 is 17.1 Å². The maximum atomic E-state index is 2.23. The molecule has 0 spiro atoms. The molecular weight excluding hydrogens is 209 g/mol. The SMILES string of the molecule is CN(C)P(N(C)C)N(C)C.[Cu]. The second kappa shape index (κ2) is 6.36. The van der Waals surface area contributed by atoms with Gasteiger partial charge in [0.1, 0.15) is 8.37 Å². The van der Waals surface area contributed by atoms with Crippen LogP contribution in [0, 0.1) is 0 Å². The summed E-state index contributed by atoms with van der Waals surface area (Å²) in [5.74, 6) is 0. The zero-order valence-electron chi connectivity index (χ0n) is 8.09. The molecule has 0 saturated carbocycles. The van der Waals surface area contributed by atoms with Gasteiger partial charge in [0.25, 0.3) is 0 Å². The minimum absolute atomic E-state index is 0. The van der Waals surface area contributed by atoms with Gasteiger partial charge in [-0.3, -0.25) is 14.0 Å². The predicted molar refractivity (Wildman–Crippen MR) is 48.0 cm³/mol. The molecule has 1 radical (unpaired) electrons. The summed E-state index contributed by atoms with van der Waals surface area (Å²) in [4.78, 5) is 0. The third-order valence-electron chi connectivity index (χ3n) is 1.07. The summed E-state index contributed by atoms with van der Waals surface area (Å²) in [5, 5.41) is 0. The standard InChI is InChI=1S/C6H18N3P.Cu/c1-7(2)10(8(3)4)9(5)6;/h1-6H3;. The second-order valence-corrected chi connectivity index (χ2v) is 5.75. The van der Waals surface area contributed by atoms with Gasteiger partial charge < -0.3 is 0 Å². The molecule has 0 atom stereocenters. The monoisotopic (exact) mass is 226 g/mol. The van der Waals surface area contributed by atoms with Crippen LogP contribution in [0.2, 0.25) is 0 Å². The summed E-state index contributed by atoms with van der Waals surface area (Å²) in [6.45, 7) is 0. The van der Waals surface area contributed by atoms with E-state index in [2.05, 4.69) is 56.3 Å². The van der Waals surface area contributed by atoms with Crippen molar-refractivity contribution in [3.8, 4) is 0 Å². The fourth-order valence-electron chi connectivity index (χ4n) is 1.07. The van der Waals surface area contributed by atoms with Gasteiger partial charge in [0, 0.05) is 17.1 Å². The molecular formula is C6H18CuN3P. The number of rotatable bonds is 3. The average molecular weight is 227 g/mol. The molecule has 3 nitrogen and oxygen atoms in total. The molecule has 0 bridgehead atoms. The van der Waals surface area contributed by atoms with Crippen LogP contribution in [0.1, 0.15) is 0 Å². The average Bonchev–Trinajstić information content (AvgIpc) is 1.59. The summed E-state index contributed by atoms with van der Waals surface area (Å²) >= 11 is 0. The van der Waals surface area contributed by atoms with Crippen molar-refractivity contribution in [3.63, 3.8) is 0 Å². The molecule has 0 fully saturated rings. The van der Waals surface area contributed by atoms with Crippen molar-refractivity contribution in [3.05, 3.63) is 0 Å². The quantitative estimate of drug-likeness (QED) is 0.523. The van der Waals surface area contributed by atoms with Gasteiger partial charge >= 0.3 is 0 Å². The number of hydrogen-bond acceptors (Lipinski definition) is 3. The molecule has 0 rings (SSSR count). The zero-order chi connectivity index (χ0) is 8.31. The summed E-state index contributed by atoms with van der Waals surface area (Å²) in [6.07, 6.45) is 0. The van der Waals surface area contributed by atoms with E-state index in [1.54, 1.807) is 0 Å². The molecule has 0 aromatic heterocycles. The number of nitrogens with zero attached hydrogens (tertiary/aromatic N) is 3. The maximum absolute atomic E-state index is 2.23. The first-order valence-corrected chi connectivity index (χ1v) is 4.48. The molecule has 0 heterocycles. The largest absolute Gasteiger partial charge is 0.264 e. The van der Waals surface area contributed by atoms with Crippen molar-refractivity contribution in [2.75, 3.05) is 42.3 Å². The third-order valence-corrected chi connectivity index (χ3v) is 3.22. The minimum atomic E-state index is -0.238. The Morgan fingerprint density at radius 2 is 0.818 bits per heavy atom. The molecule has 0 aromatic carbocycles. The van der Waals surface area contributed by atoms with E-state index in [0.717, 1.165) is 0 Å². The molecule has 73 valence electrons. The van der Waals surface area contributed by atoms with Crippen molar-refractivity contribution in [1.29, 1.82) is 0 Å². The van der Waals surface area contributed by atoms with Gasteiger partial charge in [0.05, 0.1) is 0 Å². The summed E-state index contributed by atoms with van der Waals surface area (Å²) in [5.41, 5.74) is 0. The van der Waals surface area contributed by atoms with Gasteiger partial charge in [-0.05, 0) is 42.3 Å². The predicted octanol–water partition coefficient (Wildman–Crippen LogP) is 0.896. The van der Waals surface area contributed by atoms with Crippen LogP contribution in [-0.2, 0) is 17.1 Å². The van der Waals surface area contributed by atoms with Crippen molar-refractivity contribution in [2.24, 2.45) is 0 Å². The van der Waals surface area contributed by atoms with E-state index in [9.17, 15) is 0 Å². The summed E-state index contributed by atoms with van der Waals surface area (Å²) in [6, 6.07) is 0. The molecule has 0 saturated heterocycles. The zero-order valence-corrected chi connectivity index (χ0v) is 9.93. The fraction of sp³-hybridized carbons (Fsp3) is 1.00. The maximum Gasteiger partial charge on any atom is 0.118 e. The van der Waals surface area contributed by atoms with Crippen molar-refractivity contribution in [2.45, 2.75) is 0 Å². The molecule has 0 amide bonds. The minimum Gasteiger partial charge on any atom is -0.264 e. The molecule has 0 N–H and O–H groups in total. The van der Waals surface area contributed by atoms with Crippen LogP contribution in [0.5, 0.6) is 0 Å². The normalized spacial score (nSPS) is 11.5. The summed E-state index contributed by atoms with van der Waals surface area (Å²) in [7, 11) is 12.4. The second-order valence-electron chi connectivity index (χ2n) is 2.81. The molecule has 0 aliphatic heterocycles. The summed E-state index contributed by atoms with van der Waals surface area (Å²) < 4.78 is 6.69. The molecule has 5 heteroatoms. The Hall–Kier alpha value is 0.829. The van der Waals surface area contributed by atoms with Crippen LogP contribution in [0.25, 0.3) is 0 Å². The van der Waals surface area contributed by atoms with Gasteiger partial charge in [-0.25, -0.2) is 0 Å². The van der Waals surface area contributed by atoms with E-state index >= 15 is 0 Å². The molecule has 11 heavy (non-hydrogen) atoms. The Morgan fingerprint density at radius 3 is 0.818 bits per heavy atom. The van der Waals surface area contributed by atoms with Crippen molar-refractivity contribution >= 4 is 8.37 Å². The van der Waals surface area contributed by atoms with E-state index in [1.165, 1.54) is 0 Å². The van der Waals surface area contributed by atoms with Gasteiger partial charge in [-0.2, -0.15) is 0 Å². The van der Waals surface area contributed by atoms with E-state index in [-0.39, 0.29) is 25.4 Å². The molecule has 0 unspecified atom stereocenters. The Bertz CT molecular complexity index is 78.8. The smallest absolute Gasteiger partial charge is 0.118 e. The van der Waals surface area contributed by atoms with Crippen LogP contribution in [0.15, 0.2) is 0 Å². The molecule has 0 aromatic rings. The van der Waals surface area contributed by atoms with E-state index < -0.39 is 0 Å². The first-order valence-electron chi connectivity index (χ1n) is 3.28. The number of hydrogen-bond donors (Lipinski definition) is 0. The third kappa shape index (κ3) is 5.13. The molecule has 0 aliphatic rings. The van der Waals surface area contributed by atoms with Crippen LogP contribution in [0.4, 0.5) is 0 Å². The van der Waals surface area contributed by atoms with Crippen LogP contribution in [-0.4, -0.2) is 56.3 Å². The molecule has 0 aliphatic carbocycles. The van der Waals surface area contributed by atoms with Gasteiger partial charge in [-0.15, -0.1) is 0 Å².